The van der Waals surface area contributed by atoms with Crippen molar-refractivity contribution in [3.63, 3.8) is 0 Å². The summed E-state index contributed by atoms with van der Waals surface area (Å²) in [7, 11) is 0. The zero-order valence-electron chi connectivity index (χ0n) is 16.4. The molecule has 29 heavy (non-hydrogen) atoms. The van der Waals surface area contributed by atoms with E-state index >= 15 is 0 Å². The summed E-state index contributed by atoms with van der Waals surface area (Å²) in [5, 5.41) is 4.61. The minimum atomic E-state index is 0.0225. The molecule has 1 fully saturated rings. The first-order valence-corrected chi connectivity index (χ1v) is 10.1. The summed E-state index contributed by atoms with van der Waals surface area (Å²) in [5.74, 6) is 0.927. The molecular formula is C23H23N5O. The van der Waals surface area contributed by atoms with E-state index in [1.54, 1.807) is 17.1 Å². The molecule has 1 aliphatic heterocycles. The van der Waals surface area contributed by atoms with Crippen molar-refractivity contribution < 1.29 is 4.79 Å². The maximum Gasteiger partial charge on any atom is 0.274 e. The van der Waals surface area contributed by atoms with Gasteiger partial charge in [-0.25, -0.2) is 4.68 Å². The molecule has 6 heteroatoms. The molecule has 5 heterocycles. The number of nitrogens with zero attached hydrogens (tertiary/aromatic N) is 5. The van der Waals surface area contributed by atoms with Gasteiger partial charge in [-0.3, -0.25) is 9.78 Å². The number of carbonyl (C=O) groups excluding carboxylic acids is 1. The summed E-state index contributed by atoms with van der Waals surface area (Å²) in [6.45, 7) is 2.94. The van der Waals surface area contributed by atoms with Crippen LogP contribution in [0.2, 0.25) is 0 Å². The molecule has 1 saturated heterocycles. The second kappa shape index (κ2) is 7.20. The molecule has 4 aromatic rings. The highest BCUT2D eigenvalue weighted by Crippen LogP contribution is 2.23. The Morgan fingerprint density at radius 3 is 2.66 bits per heavy atom. The fourth-order valence-corrected chi connectivity index (χ4v) is 4.10. The predicted molar refractivity (Wildman–Crippen MR) is 112 cm³/mol. The average molecular weight is 385 g/mol. The van der Waals surface area contributed by atoms with Crippen molar-refractivity contribution >= 4 is 11.4 Å². The Morgan fingerprint density at radius 2 is 1.83 bits per heavy atom. The number of pyridine rings is 2. The van der Waals surface area contributed by atoms with Crippen molar-refractivity contribution in [3.05, 3.63) is 72.9 Å². The van der Waals surface area contributed by atoms with Crippen LogP contribution in [-0.2, 0) is 0 Å². The third kappa shape index (κ3) is 3.20. The summed E-state index contributed by atoms with van der Waals surface area (Å²) in [6.07, 6.45) is 10.9. The summed E-state index contributed by atoms with van der Waals surface area (Å²) in [6, 6.07) is 14.4. The summed E-state index contributed by atoms with van der Waals surface area (Å²) >= 11 is 0. The smallest absolute Gasteiger partial charge is 0.274 e. The lowest BCUT2D eigenvalue weighted by atomic mass is 10.0. The average Bonchev–Trinajstić information content (AvgIpc) is 3.41. The van der Waals surface area contributed by atoms with E-state index in [-0.39, 0.29) is 11.9 Å². The van der Waals surface area contributed by atoms with Gasteiger partial charge >= 0.3 is 0 Å². The Morgan fingerprint density at radius 1 is 1.00 bits per heavy atom. The fraction of sp³-hybridized carbons (Fsp3) is 0.261. The van der Waals surface area contributed by atoms with E-state index in [0.717, 1.165) is 41.8 Å². The van der Waals surface area contributed by atoms with Gasteiger partial charge in [0.05, 0.1) is 0 Å². The Labute approximate surface area is 169 Å². The van der Waals surface area contributed by atoms with Gasteiger partial charge in [0.15, 0.2) is 5.69 Å². The quantitative estimate of drug-likeness (QED) is 0.531. The number of hydrogen-bond donors (Lipinski definition) is 0. The molecule has 146 valence electrons. The monoisotopic (exact) mass is 385 g/mol. The molecule has 1 amide bonds. The van der Waals surface area contributed by atoms with Gasteiger partial charge in [0.25, 0.3) is 5.91 Å². The van der Waals surface area contributed by atoms with E-state index in [0.29, 0.717) is 5.69 Å². The Hall–Kier alpha value is -3.41. The fourth-order valence-electron chi connectivity index (χ4n) is 4.10. The van der Waals surface area contributed by atoms with Crippen molar-refractivity contribution in [1.29, 1.82) is 0 Å². The Kier molecular flexibility index (Phi) is 4.39. The van der Waals surface area contributed by atoms with Gasteiger partial charge in [-0.1, -0.05) is 6.07 Å². The van der Waals surface area contributed by atoms with E-state index in [9.17, 15) is 4.79 Å². The van der Waals surface area contributed by atoms with Crippen LogP contribution in [0.5, 0.6) is 0 Å². The molecule has 4 aromatic heterocycles. The highest BCUT2D eigenvalue weighted by Gasteiger charge is 2.25. The Balaban J connectivity index is 1.49. The van der Waals surface area contributed by atoms with Crippen molar-refractivity contribution in [1.82, 2.24) is 24.1 Å². The van der Waals surface area contributed by atoms with Crippen LogP contribution in [0.25, 0.3) is 22.5 Å². The van der Waals surface area contributed by atoms with E-state index < -0.39 is 0 Å². The largest absolute Gasteiger partial charge is 0.335 e. The van der Waals surface area contributed by atoms with Crippen LogP contribution in [0, 0.1) is 0 Å². The highest BCUT2D eigenvalue weighted by atomic mass is 16.2. The van der Waals surface area contributed by atoms with Gasteiger partial charge < -0.3 is 9.30 Å². The van der Waals surface area contributed by atoms with Crippen LogP contribution >= 0.6 is 0 Å². The first-order valence-electron chi connectivity index (χ1n) is 10.1. The molecule has 0 saturated carbocycles. The molecule has 0 N–H and O–H groups in total. The van der Waals surface area contributed by atoms with Crippen LogP contribution in [-0.4, -0.2) is 42.6 Å². The molecule has 1 unspecified atom stereocenters. The molecule has 0 spiro atoms. The van der Waals surface area contributed by atoms with Crippen LogP contribution in [0.15, 0.2) is 67.3 Å². The highest BCUT2D eigenvalue weighted by molar-refractivity contribution is 5.92. The van der Waals surface area contributed by atoms with Gasteiger partial charge in [0.1, 0.15) is 5.82 Å². The molecule has 6 nitrogen and oxygen atoms in total. The maximum absolute atomic E-state index is 12.9. The third-order valence-corrected chi connectivity index (χ3v) is 5.75. The lowest BCUT2D eigenvalue weighted by Crippen LogP contribution is -2.42. The first-order chi connectivity index (χ1) is 14.2. The number of aromatic nitrogens is 4. The van der Waals surface area contributed by atoms with E-state index in [4.69, 9.17) is 0 Å². The van der Waals surface area contributed by atoms with E-state index in [1.165, 1.54) is 6.42 Å². The minimum Gasteiger partial charge on any atom is -0.335 e. The van der Waals surface area contributed by atoms with Crippen LogP contribution in [0.3, 0.4) is 0 Å². The number of amides is 1. The van der Waals surface area contributed by atoms with Gasteiger partial charge in [-0.05, 0) is 73.7 Å². The molecule has 5 rings (SSSR count). The number of rotatable bonds is 3. The lowest BCUT2D eigenvalue weighted by molar-refractivity contribution is 0.0629. The third-order valence-electron chi connectivity index (χ3n) is 5.75. The van der Waals surface area contributed by atoms with Gasteiger partial charge in [0.2, 0.25) is 0 Å². The number of piperidine rings is 1. The number of fused-ring (bicyclic) bond motifs is 1. The Bertz CT molecular complexity index is 1160. The first kappa shape index (κ1) is 17.7. The standard InChI is InChI=1S/C23H23N5O/c1-17-4-2-3-14-26(17)23(29)21-11-15-28(25-21)22-8-7-20-6-5-19(16-27(20)22)18-9-12-24-13-10-18/h5-13,15-17H,2-4,14H2,1H3. The van der Waals surface area contributed by atoms with Gasteiger partial charge in [-0.2, -0.15) is 5.10 Å². The SMILES string of the molecule is CC1CCCCN1C(=O)c1ccn(-c2ccc3ccc(-c4ccncc4)cn23)n1. The van der Waals surface area contributed by atoms with Gasteiger partial charge in [-0.15, -0.1) is 0 Å². The van der Waals surface area contributed by atoms with Crippen molar-refractivity contribution in [2.24, 2.45) is 0 Å². The molecule has 0 aromatic carbocycles. The topological polar surface area (TPSA) is 55.4 Å². The summed E-state index contributed by atoms with van der Waals surface area (Å²) < 4.78 is 3.88. The van der Waals surface area contributed by atoms with Crippen LogP contribution < -0.4 is 0 Å². The lowest BCUT2D eigenvalue weighted by Gasteiger charge is -2.32. The van der Waals surface area contributed by atoms with Crippen molar-refractivity contribution in [2.45, 2.75) is 32.2 Å². The predicted octanol–water partition coefficient (Wildman–Crippen LogP) is 4.20. The van der Waals surface area contributed by atoms with Crippen molar-refractivity contribution in [3.8, 4) is 16.9 Å². The molecule has 0 radical (unpaired) electrons. The minimum absolute atomic E-state index is 0.0225. The van der Waals surface area contributed by atoms with Crippen molar-refractivity contribution in [2.75, 3.05) is 6.54 Å². The normalized spacial score (nSPS) is 17.0. The number of hydrogen-bond acceptors (Lipinski definition) is 3. The maximum atomic E-state index is 12.9. The van der Waals surface area contributed by atoms with E-state index in [1.807, 2.05) is 35.4 Å². The second-order valence-electron chi connectivity index (χ2n) is 7.63. The molecule has 1 atom stereocenters. The van der Waals surface area contributed by atoms with Crippen LogP contribution in [0.4, 0.5) is 0 Å². The summed E-state index contributed by atoms with van der Waals surface area (Å²) in [4.78, 5) is 19.0. The van der Waals surface area contributed by atoms with Crippen LogP contribution in [0.1, 0.15) is 36.7 Å². The van der Waals surface area contributed by atoms with Gasteiger partial charge in [0, 0.05) is 42.9 Å². The zero-order valence-corrected chi connectivity index (χ0v) is 16.4. The molecular weight excluding hydrogens is 362 g/mol. The van der Waals surface area contributed by atoms with E-state index in [2.05, 4.69) is 45.8 Å². The molecule has 1 aliphatic rings. The molecule has 0 bridgehead atoms. The number of carbonyl (C=O) groups is 1. The number of likely N-dealkylation sites (tertiary alicyclic amines) is 1. The second-order valence-corrected chi connectivity index (χ2v) is 7.63. The molecule has 0 aliphatic carbocycles. The summed E-state index contributed by atoms with van der Waals surface area (Å²) in [5.41, 5.74) is 3.78. The zero-order chi connectivity index (χ0) is 19.8.